The molecule has 0 spiro atoms. The van der Waals surface area contributed by atoms with E-state index in [2.05, 4.69) is 15.3 Å². The molecule has 2 aliphatic rings. The second-order valence-corrected chi connectivity index (χ2v) is 6.60. The van der Waals surface area contributed by atoms with Crippen LogP contribution in [0.4, 0.5) is 5.95 Å². The van der Waals surface area contributed by atoms with Crippen LogP contribution in [0.15, 0.2) is 4.79 Å². The highest BCUT2D eigenvalue weighted by Crippen LogP contribution is 2.16. The first kappa shape index (κ1) is 16.5. The summed E-state index contributed by atoms with van der Waals surface area (Å²) in [5.74, 6) is 0.578. The molecular formula is C16H23N5O3. The van der Waals surface area contributed by atoms with Gasteiger partial charge >= 0.3 is 0 Å². The highest BCUT2D eigenvalue weighted by molar-refractivity contribution is 5.82. The van der Waals surface area contributed by atoms with Gasteiger partial charge in [-0.25, -0.2) is 4.98 Å². The van der Waals surface area contributed by atoms with Crippen LogP contribution in [0.3, 0.4) is 0 Å². The Balaban J connectivity index is 1.69. The van der Waals surface area contributed by atoms with Crippen LogP contribution in [-0.4, -0.2) is 59.9 Å². The maximum Gasteiger partial charge on any atom is 0.255 e. The van der Waals surface area contributed by atoms with Crippen molar-refractivity contribution < 1.29 is 9.59 Å². The van der Waals surface area contributed by atoms with Crippen molar-refractivity contribution in [1.82, 2.24) is 20.2 Å². The molecule has 2 amide bonds. The van der Waals surface area contributed by atoms with Crippen molar-refractivity contribution in [1.29, 1.82) is 0 Å². The molecule has 8 nitrogen and oxygen atoms in total. The van der Waals surface area contributed by atoms with Crippen molar-refractivity contribution in [2.45, 2.75) is 38.1 Å². The fraction of sp³-hybridized carbons (Fsp3) is 0.625. The molecular weight excluding hydrogens is 310 g/mol. The number of rotatable bonds is 3. The summed E-state index contributed by atoms with van der Waals surface area (Å²) in [4.78, 5) is 46.8. The van der Waals surface area contributed by atoms with E-state index in [4.69, 9.17) is 0 Å². The molecule has 1 aromatic heterocycles. The standard InChI is InChI=1S/C16H23N5O3/c1-20(2)16-18-12-6-8-21(7-5-11(12)15(24)19-16)14(23)9-10-3-4-13(22)17-10/h10H,3-9H2,1-2H3,(H,17,22)(H,18,19,24)/t10-/m0/s1. The molecule has 24 heavy (non-hydrogen) atoms. The van der Waals surface area contributed by atoms with Crippen LogP contribution in [0.25, 0.3) is 0 Å². The Bertz CT molecular complexity index is 712. The van der Waals surface area contributed by atoms with E-state index in [1.165, 1.54) is 0 Å². The molecule has 1 saturated heterocycles. The zero-order valence-electron chi connectivity index (χ0n) is 14.1. The maximum atomic E-state index is 12.5. The van der Waals surface area contributed by atoms with E-state index >= 15 is 0 Å². The van der Waals surface area contributed by atoms with Gasteiger partial charge in [-0.3, -0.25) is 19.4 Å². The fourth-order valence-electron chi connectivity index (χ4n) is 3.23. The van der Waals surface area contributed by atoms with Gasteiger partial charge in [0.25, 0.3) is 5.56 Å². The number of carbonyl (C=O) groups excluding carboxylic acids is 2. The number of H-pyrrole nitrogens is 1. The summed E-state index contributed by atoms with van der Waals surface area (Å²) >= 11 is 0. The Morgan fingerprint density at radius 3 is 2.67 bits per heavy atom. The number of amides is 2. The molecule has 0 unspecified atom stereocenters. The molecule has 0 radical (unpaired) electrons. The molecule has 2 N–H and O–H groups in total. The average Bonchev–Trinajstić information content (AvgIpc) is 2.81. The van der Waals surface area contributed by atoms with Gasteiger partial charge in [0, 0.05) is 58.1 Å². The summed E-state index contributed by atoms with van der Waals surface area (Å²) in [5.41, 5.74) is 1.32. The van der Waals surface area contributed by atoms with E-state index in [1.807, 2.05) is 14.1 Å². The van der Waals surface area contributed by atoms with E-state index in [0.29, 0.717) is 56.7 Å². The number of hydrogen-bond donors (Lipinski definition) is 2. The van der Waals surface area contributed by atoms with Crippen LogP contribution in [0.1, 0.15) is 30.5 Å². The lowest BCUT2D eigenvalue weighted by Gasteiger charge is -2.22. The highest BCUT2D eigenvalue weighted by atomic mass is 16.2. The van der Waals surface area contributed by atoms with Crippen LogP contribution >= 0.6 is 0 Å². The fourth-order valence-corrected chi connectivity index (χ4v) is 3.23. The third-order valence-corrected chi connectivity index (χ3v) is 4.62. The molecule has 8 heteroatoms. The minimum atomic E-state index is -0.124. The van der Waals surface area contributed by atoms with Gasteiger partial charge < -0.3 is 15.1 Å². The SMILES string of the molecule is CN(C)c1nc2c(c(=O)[nH]1)CCN(C(=O)C[C@@H]1CCC(=O)N1)CC2. The summed E-state index contributed by atoms with van der Waals surface area (Å²) in [6.07, 6.45) is 2.62. The van der Waals surface area contributed by atoms with E-state index in [9.17, 15) is 14.4 Å². The first-order valence-electron chi connectivity index (χ1n) is 8.30. The first-order valence-corrected chi connectivity index (χ1v) is 8.30. The number of aromatic nitrogens is 2. The summed E-state index contributed by atoms with van der Waals surface area (Å²) in [5, 5.41) is 2.83. The second kappa shape index (κ2) is 6.62. The van der Waals surface area contributed by atoms with E-state index in [0.717, 1.165) is 5.69 Å². The van der Waals surface area contributed by atoms with Gasteiger partial charge in [-0.1, -0.05) is 0 Å². The third kappa shape index (κ3) is 3.42. The van der Waals surface area contributed by atoms with Crippen LogP contribution < -0.4 is 15.8 Å². The zero-order valence-corrected chi connectivity index (χ0v) is 14.1. The lowest BCUT2D eigenvalue weighted by Crippen LogP contribution is -2.38. The van der Waals surface area contributed by atoms with Gasteiger partial charge in [0.1, 0.15) is 0 Å². The normalized spacial score (nSPS) is 20.3. The minimum absolute atomic E-state index is 0.0167. The molecule has 3 rings (SSSR count). The summed E-state index contributed by atoms with van der Waals surface area (Å²) in [7, 11) is 3.65. The largest absolute Gasteiger partial charge is 0.353 e. The molecule has 0 bridgehead atoms. The van der Waals surface area contributed by atoms with E-state index < -0.39 is 0 Å². The molecule has 1 atom stereocenters. The molecule has 0 aromatic carbocycles. The number of nitrogens with zero attached hydrogens (tertiary/aromatic N) is 3. The van der Waals surface area contributed by atoms with Gasteiger partial charge in [0.2, 0.25) is 17.8 Å². The van der Waals surface area contributed by atoms with E-state index in [-0.39, 0.29) is 23.4 Å². The first-order chi connectivity index (χ1) is 11.4. The molecule has 2 aliphatic heterocycles. The maximum absolute atomic E-state index is 12.5. The van der Waals surface area contributed by atoms with Crippen LogP contribution in [0.2, 0.25) is 0 Å². The Kier molecular flexibility index (Phi) is 4.55. The van der Waals surface area contributed by atoms with Crippen molar-refractivity contribution >= 4 is 17.8 Å². The predicted octanol–water partition coefficient (Wildman–Crippen LogP) is -0.568. The number of carbonyl (C=O) groups is 2. The molecule has 0 saturated carbocycles. The van der Waals surface area contributed by atoms with Crippen molar-refractivity contribution in [3.05, 3.63) is 21.6 Å². The van der Waals surface area contributed by atoms with Crippen molar-refractivity contribution in [2.75, 3.05) is 32.1 Å². The topological polar surface area (TPSA) is 98.4 Å². The van der Waals surface area contributed by atoms with Gasteiger partial charge in [-0.15, -0.1) is 0 Å². The Morgan fingerprint density at radius 1 is 1.25 bits per heavy atom. The van der Waals surface area contributed by atoms with Gasteiger partial charge in [-0.05, 0) is 12.8 Å². The zero-order chi connectivity index (χ0) is 17.3. The monoisotopic (exact) mass is 333 g/mol. The third-order valence-electron chi connectivity index (χ3n) is 4.62. The Hall–Kier alpha value is -2.38. The number of hydrogen-bond acceptors (Lipinski definition) is 5. The molecule has 0 aliphatic carbocycles. The highest BCUT2D eigenvalue weighted by Gasteiger charge is 2.27. The average molecular weight is 333 g/mol. The molecule has 1 aromatic rings. The van der Waals surface area contributed by atoms with Crippen LogP contribution in [0.5, 0.6) is 0 Å². The molecule has 3 heterocycles. The van der Waals surface area contributed by atoms with Crippen molar-refractivity contribution in [3.63, 3.8) is 0 Å². The molecule has 1 fully saturated rings. The van der Waals surface area contributed by atoms with Gasteiger partial charge in [-0.2, -0.15) is 0 Å². The number of nitrogens with one attached hydrogen (secondary N) is 2. The van der Waals surface area contributed by atoms with Gasteiger partial charge in [0.15, 0.2) is 0 Å². The quantitative estimate of drug-likeness (QED) is 0.772. The lowest BCUT2D eigenvalue weighted by molar-refractivity contribution is -0.131. The summed E-state index contributed by atoms with van der Waals surface area (Å²) < 4.78 is 0. The number of anilines is 1. The van der Waals surface area contributed by atoms with Gasteiger partial charge in [0.05, 0.1) is 5.69 Å². The Morgan fingerprint density at radius 2 is 2.00 bits per heavy atom. The lowest BCUT2D eigenvalue weighted by atomic mass is 10.1. The smallest absolute Gasteiger partial charge is 0.255 e. The molecule has 130 valence electrons. The predicted molar refractivity (Wildman–Crippen MR) is 89.0 cm³/mol. The Labute approximate surface area is 140 Å². The van der Waals surface area contributed by atoms with Crippen molar-refractivity contribution in [3.8, 4) is 0 Å². The second-order valence-electron chi connectivity index (χ2n) is 6.60. The summed E-state index contributed by atoms with van der Waals surface area (Å²) in [6, 6.07) is -0.0579. The van der Waals surface area contributed by atoms with E-state index in [1.54, 1.807) is 9.80 Å². The van der Waals surface area contributed by atoms with Crippen LogP contribution in [0, 0.1) is 0 Å². The minimum Gasteiger partial charge on any atom is -0.353 e. The number of fused-ring (bicyclic) bond motifs is 1. The van der Waals surface area contributed by atoms with Crippen molar-refractivity contribution in [2.24, 2.45) is 0 Å². The number of aromatic amines is 1. The van der Waals surface area contributed by atoms with Crippen LogP contribution in [-0.2, 0) is 22.4 Å². The summed E-state index contributed by atoms with van der Waals surface area (Å²) in [6.45, 7) is 1.06.